The summed E-state index contributed by atoms with van der Waals surface area (Å²) in [5.41, 5.74) is 5.40. The van der Waals surface area contributed by atoms with Gasteiger partial charge in [0.15, 0.2) is 17.7 Å². The van der Waals surface area contributed by atoms with E-state index in [1.54, 1.807) is 49.4 Å². The van der Waals surface area contributed by atoms with Gasteiger partial charge in [-0.1, -0.05) is 35.3 Å². The van der Waals surface area contributed by atoms with E-state index >= 15 is 0 Å². The van der Waals surface area contributed by atoms with Gasteiger partial charge in [0, 0.05) is 21.3 Å². The van der Waals surface area contributed by atoms with E-state index in [9.17, 15) is 14.7 Å². The van der Waals surface area contributed by atoms with Gasteiger partial charge in [0.05, 0.1) is 36.0 Å². The Labute approximate surface area is 278 Å². The Morgan fingerprint density at radius 3 is 2.58 bits per heavy atom. The van der Waals surface area contributed by atoms with Gasteiger partial charge in [-0.05, 0) is 83.4 Å². The molecule has 1 aliphatic rings. The fourth-order valence-corrected chi connectivity index (χ4v) is 5.30. The van der Waals surface area contributed by atoms with Crippen LogP contribution in [0.4, 0.5) is 4.79 Å². The van der Waals surface area contributed by atoms with Crippen LogP contribution in [0.25, 0.3) is 0 Å². The number of benzene rings is 3. The Morgan fingerprint density at radius 2 is 1.87 bits per heavy atom. The number of carbonyl (C=O) groups is 2. The van der Waals surface area contributed by atoms with Crippen molar-refractivity contribution in [1.82, 2.24) is 16.1 Å². The van der Waals surface area contributed by atoms with Crippen molar-refractivity contribution in [2.45, 2.75) is 32.7 Å². The highest BCUT2D eigenvalue weighted by atomic mass is 79.9. The molecule has 0 saturated heterocycles. The van der Waals surface area contributed by atoms with Gasteiger partial charge in [0.2, 0.25) is 0 Å². The maximum Gasteiger partial charge on any atom is 0.337 e. The van der Waals surface area contributed by atoms with Crippen LogP contribution in [0.1, 0.15) is 36.6 Å². The highest BCUT2D eigenvalue weighted by molar-refractivity contribution is 9.10. The van der Waals surface area contributed by atoms with Gasteiger partial charge in [0.25, 0.3) is 0 Å². The van der Waals surface area contributed by atoms with Crippen molar-refractivity contribution in [1.29, 1.82) is 0 Å². The van der Waals surface area contributed by atoms with Gasteiger partial charge in [-0.3, -0.25) is 5.43 Å². The number of methoxy groups -OCH3 is 1. The van der Waals surface area contributed by atoms with Crippen LogP contribution >= 0.6 is 39.1 Å². The summed E-state index contributed by atoms with van der Waals surface area (Å²) < 4.78 is 23.0. The highest BCUT2D eigenvalue weighted by Crippen LogP contribution is 2.35. The molecule has 0 aromatic heterocycles. The zero-order chi connectivity index (χ0) is 32.5. The molecule has 4 N–H and O–H groups in total. The molecule has 3 aromatic rings. The van der Waals surface area contributed by atoms with E-state index < -0.39 is 24.3 Å². The molecule has 11 nitrogen and oxygen atoms in total. The van der Waals surface area contributed by atoms with Crippen LogP contribution < -0.4 is 30.3 Å². The molecular formula is C31H31BrCl2N4O7. The lowest BCUT2D eigenvalue weighted by Crippen LogP contribution is -2.45. The largest absolute Gasteiger partial charge is 0.490 e. The van der Waals surface area contributed by atoms with E-state index in [0.29, 0.717) is 49.6 Å². The number of nitrogens with one attached hydrogen (secondary N) is 3. The van der Waals surface area contributed by atoms with Crippen molar-refractivity contribution >= 4 is 57.3 Å². The first kappa shape index (κ1) is 33.9. The van der Waals surface area contributed by atoms with Crippen molar-refractivity contribution in [2.24, 2.45) is 5.10 Å². The van der Waals surface area contributed by atoms with Crippen LogP contribution in [-0.4, -0.2) is 49.9 Å². The summed E-state index contributed by atoms with van der Waals surface area (Å²) in [5.74, 6) is 0.761. The summed E-state index contributed by atoms with van der Waals surface area (Å²) in [5, 5.41) is 20.9. The fourth-order valence-electron chi connectivity index (χ4n) is 4.33. The molecular weight excluding hydrogens is 691 g/mol. The molecule has 238 valence electrons. The van der Waals surface area contributed by atoms with Crippen LogP contribution in [0.2, 0.25) is 10.0 Å². The van der Waals surface area contributed by atoms with E-state index in [4.69, 9.17) is 42.1 Å². The van der Waals surface area contributed by atoms with Crippen molar-refractivity contribution < 1.29 is 33.6 Å². The molecule has 2 atom stereocenters. The molecule has 0 radical (unpaired) electrons. The molecule has 4 rings (SSSR count). The van der Waals surface area contributed by atoms with E-state index in [2.05, 4.69) is 37.1 Å². The molecule has 3 aromatic carbocycles. The number of hydrogen-bond acceptors (Lipinski definition) is 9. The van der Waals surface area contributed by atoms with E-state index in [0.717, 1.165) is 11.1 Å². The van der Waals surface area contributed by atoms with Gasteiger partial charge >= 0.3 is 12.0 Å². The third-order valence-electron chi connectivity index (χ3n) is 6.46. The summed E-state index contributed by atoms with van der Waals surface area (Å²) in [6.45, 7) is 3.88. The Morgan fingerprint density at radius 1 is 1.09 bits per heavy atom. The molecule has 0 saturated carbocycles. The second-order valence-electron chi connectivity index (χ2n) is 9.63. The Kier molecular flexibility index (Phi) is 11.9. The smallest absolute Gasteiger partial charge is 0.337 e. The lowest BCUT2D eigenvalue weighted by Gasteiger charge is -2.28. The maximum atomic E-state index is 12.4. The highest BCUT2D eigenvalue weighted by Gasteiger charge is 2.32. The summed E-state index contributed by atoms with van der Waals surface area (Å²) in [7, 11) is 1.27. The molecule has 1 aliphatic heterocycles. The van der Waals surface area contributed by atoms with Crippen molar-refractivity contribution in [3.63, 3.8) is 0 Å². The molecule has 0 aliphatic carbocycles. The van der Waals surface area contributed by atoms with E-state index in [1.165, 1.54) is 13.3 Å². The molecule has 0 bridgehead atoms. The SMILES string of the molecule is CCOc1cc([C@H]2NC(=O)NC(C)=C2C(=O)OC)ccc1OC[C@@H](O)N/N=C\c1ccc(OCc2ccc(Cl)cc2Cl)c(Br)c1. The third-order valence-corrected chi connectivity index (χ3v) is 7.67. The fraction of sp³-hybridized carbons (Fsp3) is 0.258. The van der Waals surface area contributed by atoms with Crippen molar-refractivity contribution in [3.05, 3.63) is 97.1 Å². The first-order valence-corrected chi connectivity index (χ1v) is 15.2. The molecule has 0 unspecified atom stereocenters. The third kappa shape index (κ3) is 9.04. The minimum atomic E-state index is -1.15. The minimum absolute atomic E-state index is 0.156. The normalized spacial score (nSPS) is 15.3. The number of allylic oxidation sites excluding steroid dienone is 1. The lowest BCUT2D eigenvalue weighted by atomic mass is 9.95. The van der Waals surface area contributed by atoms with Crippen LogP contribution in [0.5, 0.6) is 17.2 Å². The number of esters is 1. The standard InChI is InChI=1S/C31H31BrCl2N4O7/c1-4-43-26-12-19(29-28(30(40)42-3)17(2)36-31(41)37-29)7-10-25(26)45-16-27(39)38-35-14-18-5-9-24(22(32)11-18)44-15-20-6-8-21(33)13-23(20)34/h5-14,27,29,38-39H,4,15-16H2,1-3H3,(H2,36,37,41)/b35-14-/t27-,29-/m1/s1. The molecule has 14 heteroatoms. The number of nitrogens with zero attached hydrogens (tertiary/aromatic N) is 1. The number of aliphatic hydroxyl groups excluding tert-OH is 1. The Bertz CT molecular complexity index is 1620. The number of rotatable bonds is 13. The molecule has 45 heavy (non-hydrogen) atoms. The number of aliphatic hydroxyl groups is 1. The number of urea groups is 1. The zero-order valence-corrected chi connectivity index (χ0v) is 27.6. The summed E-state index contributed by atoms with van der Waals surface area (Å²) >= 11 is 15.7. The summed E-state index contributed by atoms with van der Waals surface area (Å²) in [6.07, 6.45) is 0.390. The predicted octanol–water partition coefficient (Wildman–Crippen LogP) is 5.86. The van der Waals surface area contributed by atoms with Crippen molar-refractivity contribution in [3.8, 4) is 17.2 Å². The number of halogens is 3. The van der Waals surface area contributed by atoms with Crippen LogP contribution in [0.3, 0.4) is 0 Å². The number of amides is 2. The topological polar surface area (TPSA) is 140 Å². The monoisotopic (exact) mass is 720 g/mol. The quantitative estimate of drug-likeness (QED) is 0.0746. The minimum Gasteiger partial charge on any atom is -0.490 e. The van der Waals surface area contributed by atoms with Gasteiger partial charge < -0.3 is 34.7 Å². The molecule has 0 spiro atoms. The van der Waals surface area contributed by atoms with E-state index in [1.807, 2.05) is 19.1 Å². The number of carbonyl (C=O) groups excluding carboxylic acids is 2. The number of hydrazone groups is 1. The van der Waals surface area contributed by atoms with E-state index in [-0.39, 0.29) is 18.8 Å². The number of hydrogen-bond donors (Lipinski definition) is 4. The van der Waals surface area contributed by atoms with Gasteiger partial charge in [0.1, 0.15) is 19.0 Å². The summed E-state index contributed by atoms with van der Waals surface area (Å²) in [6, 6.07) is 14.4. The second kappa shape index (κ2) is 15.8. The first-order chi connectivity index (χ1) is 21.6. The predicted molar refractivity (Wildman–Crippen MR) is 174 cm³/mol. The van der Waals surface area contributed by atoms with Gasteiger partial charge in [-0.25, -0.2) is 9.59 Å². The molecule has 1 heterocycles. The van der Waals surface area contributed by atoms with Crippen LogP contribution in [0, 0.1) is 0 Å². The van der Waals surface area contributed by atoms with Crippen LogP contribution in [-0.2, 0) is 16.1 Å². The maximum absolute atomic E-state index is 12.4. The Balaban J connectivity index is 1.34. The van der Waals surface area contributed by atoms with Gasteiger partial charge in [-0.15, -0.1) is 0 Å². The zero-order valence-electron chi connectivity index (χ0n) is 24.5. The van der Waals surface area contributed by atoms with Crippen molar-refractivity contribution in [2.75, 3.05) is 20.3 Å². The van der Waals surface area contributed by atoms with Gasteiger partial charge in [-0.2, -0.15) is 5.10 Å². The average Bonchev–Trinajstić information content (AvgIpc) is 3.00. The molecule has 0 fully saturated rings. The average molecular weight is 722 g/mol. The second-order valence-corrected chi connectivity index (χ2v) is 11.3. The first-order valence-electron chi connectivity index (χ1n) is 13.7. The Hall–Kier alpha value is -3.97. The molecule has 2 amide bonds. The lowest BCUT2D eigenvalue weighted by molar-refractivity contribution is -0.136. The summed E-state index contributed by atoms with van der Waals surface area (Å²) in [4.78, 5) is 24.6. The van der Waals surface area contributed by atoms with Crippen LogP contribution in [0.15, 0.2) is 75.4 Å². The number of ether oxygens (including phenoxy) is 4.